The molecular weight excluding hydrogens is 524 g/mol. The molecule has 0 bridgehead atoms. The first kappa shape index (κ1) is 25.4. The topological polar surface area (TPSA) is 78.1 Å². The Morgan fingerprint density at radius 1 is 0.972 bits per heavy atom. The molecule has 0 amide bonds. The Morgan fingerprint density at radius 2 is 1.75 bits per heavy atom. The summed E-state index contributed by atoms with van der Waals surface area (Å²) in [6.45, 7) is 2.82. The van der Waals surface area contributed by atoms with E-state index in [1.54, 1.807) is 37.4 Å². The third kappa shape index (κ3) is 5.41. The molecule has 1 N–H and O–H groups in total. The molecule has 0 unspecified atom stereocenters. The van der Waals surface area contributed by atoms with Crippen molar-refractivity contribution < 1.29 is 23.7 Å². The van der Waals surface area contributed by atoms with Gasteiger partial charge in [0.05, 0.1) is 31.8 Å². The smallest absolute Gasteiger partial charge is 0.235 e. The van der Waals surface area contributed by atoms with Crippen molar-refractivity contribution in [2.75, 3.05) is 20.8 Å². The minimum absolute atomic E-state index is 0.0219. The van der Waals surface area contributed by atoms with E-state index in [9.17, 15) is 9.90 Å². The summed E-state index contributed by atoms with van der Waals surface area (Å²) in [5.74, 6) is 1.30. The SMILES string of the molecule is CCCCOc1ccc(C=Cc2cc(OC)cc(OC)c2-c2oc3ccc(Br)cc3c(=O)c2O)cc1. The van der Waals surface area contributed by atoms with Crippen molar-refractivity contribution in [1.82, 2.24) is 0 Å². The van der Waals surface area contributed by atoms with E-state index in [0.717, 1.165) is 24.2 Å². The molecule has 0 spiro atoms. The molecule has 1 aromatic heterocycles. The van der Waals surface area contributed by atoms with Gasteiger partial charge in [0, 0.05) is 10.5 Å². The van der Waals surface area contributed by atoms with Crippen LogP contribution in [0.2, 0.25) is 0 Å². The Hall–Kier alpha value is -3.71. The van der Waals surface area contributed by atoms with Gasteiger partial charge in [-0.25, -0.2) is 0 Å². The maximum Gasteiger partial charge on any atom is 0.235 e. The standard InChI is InChI=1S/C29H27BrO6/c1-4-5-14-35-21-11-7-18(8-12-21)6-9-19-15-22(33-2)17-25(34-3)26(19)29-28(32)27(31)23-16-20(30)10-13-24(23)36-29/h6-13,15-17,32H,4-5,14H2,1-3H3. The third-order valence-corrected chi connectivity index (χ3v) is 6.21. The van der Waals surface area contributed by atoms with E-state index in [1.807, 2.05) is 36.4 Å². The maximum absolute atomic E-state index is 13.0. The molecule has 4 rings (SSSR count). The van der Waals surface area contributed by atoms with Gasteiger partial charge < -0.3 is 23.7 Å². The van der Waals surface area contributed by atoms with Gasteiger partial charge in [0.15, 0.2) is 5.76 Å². The van der Waals surface area contributed by atoms with Crippen molar-refractivity contribution in [2.45, 2.75) is 19.8 Å². The quantitative estimate of drug-likeness (QED) is 0.174. The van der Waals surface area contributed by atoms with E-state index >= 15 is 0 Å². The Kier molecular flexibility index (Phi) is 8.00. The molecule has 7 heteroatoms. The second-order valence-corrected chi connectivity index (χ2v) is 9.06. The Morgan fingerprint density at radius 3 is 2.44 bits per heavy atom. The summed E-state index contributed by atoms with van der Waals surface area (Å²) in [7, 11) is 3.07. The number of ether oxygens (including phenoxy) is 3. The van der Waals surface area contributed by atoms with Crippen LogP contribution in [0.5, 0.6) is 23.0 Å². The number of benzene rings is 3. The summed E-state index contributed by atoms with van der Waals surface area (Å²) in [6, 6.07) is 16.3. The Labute approximate surface area is 217 Å². The van der Waals surface area contributed by atoms with Crippen molar-refractivity contribution in [2.24, 2.45) is 0 Å². The number of unbranched alkanes of at least 4 members (excludes halogenated alkanes) is 1. The zero-order valence-electron chi connectivity index (χ0n) is 20.3. The number of halogens is 1. The van der Waals surface area contributed by atoms with Crippen molar-refractivity contribution in [1.29, 1.82) is 0 Å². The molecule has 36 heavy (non-hydrogen) atoms. The molecule has 3 aromatic carbocycles. The minimum Gasteiger partial charge on any atom is -0.502 e. The summed E-state index contributed by atoms with van der Waals surface area (Å²) < 4.78 is 23.6. The average Bonchev–Trinajstić information content (AvgIpc) is 2.90. The second kappa shape index (κ2) is 11.4. The van der Waals surface area contributed by atoms with E-state index in [2.05, 4.69) is 22.9 Å². The molecule has 1 heterocycles. The highest BCUT2D eigenvalue weighted by atomic mass is 79.9. The van der Waals surface area contributed by atoms with Gasteiger partial charge in [-0.3, -0.25) is 4.79 Å². The molecule has 4 aromatic rings. The van der Waals surface area contributed by atoms with Crippen LogP contribution in [0.25, 0.3) is 34.4 Å². The van der Waals surface area contributed by atoms with Crippen LogP contribution in [-0.4, -0.2) is 25.9 Å². The number of rotatable bonds is 9. The lowest BCUT2D eigenvalue weighted by molar-refractivity contribution is 0.309. The normalized spacial score (nSPS) is 11.2. The van der Waals surface area contributed by atoms with Crippen LogP contribution < -0.4 is 19.6 Å². The van der Waals surface area contributed by atoms with Gasteiger partial charge >= 0.3 is 0 Å². The average molecular weight is 551 g/mol. The Bertz CT molecular complexity index is 1450. The van der Waals surface area contributed by atoms with Crippen LogP contribution in [0.15, 0.2) is 68.3 Å². The monoisotopic (exact) mass is 550 g/mol. The van der Waals surface area contributed by atoms with E-state index in [4.69, 9.17) is 18.6 Å². The van der Waals surface area contributed by atoms with Crippen molar-refractivity contribution in [3.8, 4) is 34.3 Å². The van der Waals surface area contributed by atoms with Crippen LogP contribution in [-0.2, 0) is 0 Å². The lowest BCUT2D eigenvalue weighted by Gasteiger charge is -2.15. The molecule has 0 aliphatic carbocycles. The molecule has 0 atom stereocenters. The van der Waals surface area contributed by atoms with Crippen molar-refractivity contribution >= 4 is 39.1 Å². The summed E-state index contributed by atoms with van der Waals surface area (Å²) >= 11 is 3.35. The van der Waals surface area contributed by atoms with Gasteiger partial charge in [0.2, 0.25) is 11.2 Å². The van der Waals surface area contributed by atoms with Gasteiger partial charge in [0.1, 0.15) is 22.8 Å². The van der Waals surface area contributed by atoms with Crippen LogP contribution in [0, 0.1) is 0 Å². The number of aromatic hydroxyl groups is 1. The number of methoxy groups -OCH3 is 2. The largest absolute Gasteiger partial charge is 0.502 e. The lowest BCUT2D eigenvalue weighted by Crippen LogP contribution is -2.04. The molecule has 0 aliphatic heterocycles. The van der Waals surface area contributed by atoms with Crippen LogP contribution in [0.1, 0.15) is 30.9 Å². The van der Waals surface area contributed by atoms with E-state index in [1.165, 1.54) is 7.11 Å². The molecule has 0 saturated heterocycles. The molecular formula is C29H27BrO6. The zero-order valence-corrected chi connectivity index (χ0v) is 21.9. The molecule has 0 aliphatic rings. The summed E-state index contributed by atoms with van der Waals surface area (Å²) in [5.41, 5.74) is 1.85. The van der Waals surface area contributed by atoms with E-state index in [0.29, 0.717) is 39.3 Å². The van der Waals surface area contributed by atoms with E-state index in [-0.39, 0.29) is 11.1 Å². The van der Waals surface area contributed by atoms with Gasteiger partial charge in [-0.05, 0) is 53.9 Å². The first-order valence-corrected chi connectivity index (χ1v) is 12.4. The van der Waals surface area contributed by atoms with Gasteiger partial charge in [0.25, 0.3) is 0 Å². The first-order valence-electron chi connectivity index (χ1n) is 11.6. The number of fused-ring (bicyclic) bond motifs is 1. The van der Waals surface area contributed by atoms with Crippen molar-refractivity contribution in [3.63, 3.8) is 0 Å². The maximum atomic E-state index is 13.0. The second-order valence-electron chi connectivity index (χ2n) is 8.15. The lowest BCUT2D eigenvalue weighted by atomic mass is 10.00. The van der Waals surface area contributed by atoms with Crippen molar-refractivity contribution in [3.05, 3.63) is 80.4 Å². The van der Waals surface area contributed by atoms with Gasteiger partial charge in [-0.15, -0.1) is 0 Å². The molecule has 0 saturated carbocycles. The molecule has 0 fully saturated rings. The fourth-order valence-corrected chi connectivity index (χ4v) is 4.15. The van der Waals surface area contributed by atoms with Crippen LogP contribution in [0.3, 0.4) is 0 Å². The predicted molar refractivity (Wildman–Crippen MR) is 146 cm³/mol. The highest BCUT2D eigenvalue weighted by molar-refractivity contribution is 9.10. The summed E-state index contributed by atoms with van der Waals surface area (Å²) in [5, 5.41) is 11.1. The summed E-state index contributed by atoms with van der Waals surface area (Å²) in [6.07, 6.45) is 5.87. The fourth-order valence-electron chi connectivity index (χ4n) is 3.79. The summed E-state index contributed by atoms with van der Waals surface area (Å²) in [4.78, 5) is 13.0. The van der Waals surface area contributed by atoms with Gasteiger partial charge in [-0.1, -0.05) is 53.6 Å². The first-order chi connectivity index (χ1) is 17.4. The highest BCUT2D eigenvalue weighted by Gasteiger charge is 2.22. The fraction of sp³-hybridized carbons (Fsp3) is 0.207. The number of hydrogen-bond donors (Lipinski definition) is 1. The van der Waals surface area contributed by atoms with E-state index < -0.39 is 11.2 Å². The molecule has 6 nitrogen and oxygen atoms in total. The minimum atomic E-state index is -0.529. The zero-order chi connectivity index (χ0) is 25.7. The van der Waals surface area contributed by atoms with Crippen LogP contribution >= 0.6 is 15.9 Å². The molecule has 186 valence electrons. The predicted octanol–water partition coefficient (Wildman–Crippen LogP) is 7.29. The Balaban J connectivity index is 1.80. The number of hydrogen-bond acceptors (Lipinski definition) is 6. The highest BCUT2D eigenvalue weighted by Crippen LogP contribution is 2.42. The third-order valence-electron chi connectivity index (χ3n) is 5.72. The van der Waals surface area contributed by atoms with Gasteiger partial charge in [-0.2, -0.15) is 0 Å². The molecule has 0 radical (unpaired) electrons. The van der Waals surface area contributed by atoms with Crippen LogP contribution in [0.4, 0.5) is 0 Å².